The van der Waals surface area contributed by atoms with Crippen LogP contribution in [0.25, 0.3) is 0 Å². The Hall–Kier alpha value is -0.380. The normalized spacial score (nSPS) is 24.1. The Kier molecular flexibility index (Phi) is 4.46. The van der Waals surface area contributed by atoms with Gasteiger partial charge in [-0.05, 0) is 26.3 Å². The smallest absolute Gasteiger partial charge is 0.0806 e. The zero-order valence-electron chi connectivity index (χ0n) is 11.4. The van der Waals surface area contributed by atoms with E-state index in [9.17, 15) is 0 Å². The zero-order chi connectivity index (χ0) is 13.2. The van der Waals surface area contributed by atoms with Crippen LogP contribution in [0.2, 0.25) is 0 Å². The molecule has 1 saturated heterocycles. The van der Waals surface area contributed by atoms with Crippen molar-refractivity contribution in [2.45, 2.75) is 39.0 Å². The van der Waals surface area contributed by atoms with Gasteiger partial charge < -0.3 is 4.74 Å². The summed E-state index contributed by atoms with van der Waals surface area (Å²) in [6.45, 7) is 9.47. The molecule has 1 aliphatic heterocycles. The molecule has 100 valence electrons. The van der Waals surface area contributed by atoms with Gasteiger partial charge in [0.15, 0.2) is 0 Å². The molecule has 1 fully saturated rings. The summed E-state index contributed by atoms with van der Waals surface area (Å²) in [5.41, 5.74) is 2.65. The maximum absolute atomic E-state index is 6.02. The molecule has 2 rings (SSSR count). The fraction of sp³-hybridized carbons (Fsp3) is 0.600. The van der Waals surface area contributed by atoms with Gasteiger partial charge in [-0.25, -0.2) is 0 Å². The third-order valence-corrected chi connectivity index (χ3v) is 3.97. The molecule has 1 aromatic rings. The van der Waals surface area contributed by atoms with Crippen molar-refractivity contribution in [3.63, 3.8) is 0 Å². The molecule has 0 aromatic heterocycles. The second-order valence-corrected chi connectivity index (χ2v) is 6.46. The van der Waals surface area contributed by atoms with Crippen LogP contribution in [0.5, 0.6) is 0 Å². The first-order chi connectivity index (χ1) is 8.48. The molecular weight excluding hydrogens is 290 g/mol. The van der Waals surface area contributed by atoms with E-state index in [2.05, 4.69) is 65.9 Å². The predicted molar refractivity (Wildman–Crippen MR) is 79.2 cm³/mol. The highest BCUT2D eigenvalue weighted by Crippen LogP contribution is 2.23. The number of hydrogen-bond acceptors (Lipinski definition) is 2. The molecule has 0 spiro atoms. The molecule has 0 saturated carbocycles. The molecule has 3 heteroatoms. The van der Waals surface area contributed by atoms with Crippen molar-refractivity contribution in [2.75, 3.05) is 18.4 Å². The van der Waals surface area contributed by atoms with Crippen molar-refractivity contribution in [1.29, 1.82) is 0 Å². The van der Waals surface area contributed by atoms with Crippen LogP contribution >= 0.6 is 15.9 Å². The van der Waals surface area contributed by atoms with Crippen molar-refractivity contribution in [2.24, 2.45) is 0 Å². The second-order valence-electron chi connectivity index (χ2n) is 5.81. The van der Waals surface area contributed by atoms with E-state index in [4.69, 9.17) is 4.74 Å². The topological polar surface area (TPSA) is 12.5 Å². The maximum Gasteiger partial charge on any atom is 0.0806 e. The standard InChI is InChI=1S/C15H22BrNO/c1-12-4-6-13(7-5-12)9-17-10-14(8-16)18-15(2,3)11-17/h4-7,14H,8-11H2,1-3H3. The summed E-state index contributed by atoms with van der Waals surface area (Å²) in [5.74, 6) is 0. The van der Waals surface area contributed by atoms with Crippen molar-refractivity contribution >= 4 is 15.9 Å². The molecule has 2 nitrogen and oxygen atoms in total. The Morgan fingerprint density at radius 3 is 2.61 bits per heavy atom. The van der Waals surface area contributed by atoms with E-state index in [0.29, 0.717) is 6.10 Å². The summed E-state index contributed by atoms with van der Waals surface area (Å²) >= 11 is 3.53. The van der Waals surface area contributed by atoms with Gasteiger partial charge in [0.25, 0.3) is 0 Å². The number of aryl methyl sites for hydroxylation is 1. The third kappa shape index (κ3) is 3.81. The van der Waals surface area contributed by atoms with E-state index in [1.165, 1.54) is 11.1 Å². The van der Waals surface area contributed by atoms with E-state index < -0.39 is 0 Å². The van der Waals surface area contributed by atoms with Gasteiger partial charge in [0.2, 0.25) is 0 Å². The number of nitrogens with zero attached hydrogens (tertiary/aromatic N) is 1. The number of alkyl halides is 1. The van der Waals surface area contributed by atoms with E-state index in [1.54, 1.807) is 0 Å². The van der Waals surface area contributed by atoms with E-state index in [-0.39, 0.29) is 5.60 Å². The molecule has 0 radical (unpaired) electrons. The third-order valence-electron chi connectivity index (χ3n) is 3.25. The quantitative estimate of drug-likeness (QED) is 0.794. The molecule has 18 heavy (non-hydrogen) atoms. The average Bonchev–Trinajstić information content (AvgIpc) is 2.30. The van der Waals surface area contributed by atoms with E-state index in [0.717, 1.165) is 25.0 Å². The zero-order valence-corrected chi connectivity index (χ0v) is 13.0. The molecular formula is C15H22BrNO. The Morgan fingerprint density at radius 1 is 1.33 bits per heavy atom. The van der Waals surface area contributed by atoms with Crippen molar-refractivity contribution in [3.8, 4) is 0 Å². The number of ether oxygens (including phenoxy) is 1. The molecule has 1 aromatic carbocycles. The maximum atomic E-state index is 6.02. The highest BCUT2D eigenvalue weighted by molar-refractivity contribution is 9.09. The lowest BCUT2D eigenvalue weighted by atomic mass is 10.0. The van der Waals surface area contributed by atoms with Crippen LogP contribution in [0.15, 0.2) is 24.3 Å². The van der Waals surface area contributed by atoms with Crippen LogP contribution < -0.4 is 0 Å². The summed E-state index contributed by atoms with van der Waals surface area (Å²) in [4.78, 5) is 2.49. The van der Waals surface area contributed by atoms with Crippen molar-refractivity contribution < 1.29 is 4.74 Å². The van der Waals surface area contributed by atoms with Gasteiger partial charge in [-0.3, -0.25) is 4.90 Å². The fourth-order valence-electron chi connectivity index (χ4n) is 2.57. The van der Waals surface area contributed by atoms with E-state index in [1.807, 2.05) is 0 Å². The lowest BCUT2D eigenvalue weighted by Crippen LogP contribution is -2.52. The first-order valence-electron chi connectivity index (χ1n) is 6.50. The summed E-state index contributed by atoms with van der Waals surface area (Å²) in [7, 11) is 0. The monoisotopic (exact) mass is 311 g/mol. The summed E-state index contributed by atoms with van der Waals surface area (Å²) in [6.07, 6.45) is 0.291. The number of hydrogen-bond donors (Lipinski definition) is 0. The minimum atomic E-state index is -0.0542. The predicted octanol–water partition coefficient (Wildman–Crippen LogP) is 3.37. The Morgan fingerprint density at radius 2 is 2.00 bits per heavy atom. The first-order valence-corrected chi connectivity index (χ1v) is 7.62. The minimum absolute atomic E-state index is 0.0542. The second kappa shape index (κ2) is 5.72. The number of rotatable bonds is 3. The average molecular weight is 312 g/mol. The van der Waals surface area contributed by atoms with Crippen molar-refractivity contribution in [3.05, 3.63) is 35.4 Å². The Balaban J connectivity index is 2.02. The summed E-state index contributed by atoms with van der Waals surface area (Å²) in [5, 5.41) is 0.904. The Labute approximate surface area is 118 Å². The minimum Gasteiger partial charge on any atom is -0.369 e. The number of halogens is 1. The van der Waals surface area contributed by atoms with Crippen LogP contribution in [0.4, 0.5) is 0 Å². The lowest BCUT2D eigenvalue weighted by Gasteiger charge is -2.42. The van der Waals surface area contributed by atoms with Gasteiger partial charge >= 0.3 is 0 Å². The number of benzene rings is 1. The van der Waals surface area contributed by atoms with Crippen LogP contribution in [-0.2, 0) is 11.3 Å². The van der Waals surface area contributed by atoms with Crippen LogP contribution in [0.3, 0.4) is 0 Å². The fourth-order valence-corrected chi connectivity index (χ4v) is 2.91. The van der Waals surface area contributed by atoms with Gasteiger partial charge in [0, 0.05) is 25.0 Å². The highest BCUT2D eigenvalue weighted by atomic mass is 79.9. The van der Waals surface area contributed by atoms with Crippen LogP contribution in [-0.4, -0.2) is 35.0 Å². The molecule has 0 N–H and O–H groups in total. The van der Waals surface area contributed by atoms with Gasteiger partial charge in [-0.15, -0.1) is 0 Å². The summed E-state index contributed by atoms with van der Waals surface area (Å²) in [6, 6.07) is 8.81. The number of morpholine rings is 1. The van der Waals surface area contributed by atoms with Crippen molar-refractivity contribution in [1.82, 2.24) is 4.90 Å². The van der Waals surface area contributed by atoms with Gasteiger partial charge in [-0.2, -0.15) is 0 Å². The highest BCUT2D eigenvalue weighted by Gasteiger charge is 2.32. The molecule has 0 bridgehead atoms. The molecule has 0 amide bonds. The molecule has 1 heterocycles. The van der Waals surface area contributed by atoms with Crippen LogP contribution in [0.1, 0.15) is 25.0 Å². The van der Waals surface area contributed by atoms with Gasteiger partial charge in [0.05, 0.1) is 11.7 Å². The first kappa shape index (κ1) is 14.0. The van der Waals surface area contributed by atoms with Gasteiger partial charge in [-0.1, -0.05) is 45.8 Å². The summed E-state index contributed by atoms with van der Waals surface area (Å²) < 4.78 is 6.02. The Bertz CT molecular complexity index is 388. The SMILES string of the molecule is Cc1ccc(CN2CC(CBr)OC(C)(C)C2)cc1. The lowest BCUT2D eigenvalue weighted by molar-refractivity contribution is -0.128. The molecule has 1 unspecified atom stereocenters. The molecule has 1 atom stereocenters. The van der Waals surface area contributed by atoms with E-state index >= 15 is 0 Å². The molecule has 0 aliphatic carbocycles. The van der Waals surface area contributed by atoms with Crippen LogP contribution in [0, 0.1) is 6.92 Å². The molecule has 1 aliphatic rings. The van der Waals surface area contributed by atoms with Gasteiger partial charge in [0.1, 0.15) is 0 Å². The largest absolute Gasteiger partial charge is 0.369 e.